The first-order valence-electron chi connectivity index (χ1n) is 10.3. The summed E-state index contributed by atoms with van der Waals surface area (Å²) in [5, 5.41) is 0.638. The van der Waals surface area contributed by atoms with Gasteiger partial charge in [-0.25, -0.2) is 15.0 Å². The molecule has 0 unspecified atom stereocenters. The summed E-state index contributed by atoms with van der Waals surface area (Å²) in [6, 6.07) is 7.43. The molecule has 0 spiro atoms. The van der Waals surface area contributed by atoms with Crippen LogP contribution >= 0.6 is 0 Å². The molecule has 7 heteroatoms. The Bertz CT molecular complexity index is 1080. The molecule has 3 heterocycles. The number of rotatable bonds is 5. The Morgan fingerprint density at radius 1 is 1.10 bits per heavy atom. The number of piperidine rings is 1. The Labute approximate surface area is 169 Å². The van der Waals surface area contributed by atoms with Crippen molar-refractivity contribution in [3.05, 3.63) is 53.0 Å². The molecular formula is C22H25N5O2. The van der Waals surface area contributed by atoms with E-state index in [4.69, 9.17) is 9.72 Å². The predicted octanol–water partition coefficient (Wildman–Crippen LogP) is 2.99. The molecule has 5 rings (SSSR count). The topological polar surface area (TPSA) is 73.1 Å². The zero-order chi connectivity index (χ0) is 19.8. The van der Waals surface area contributed by atoms with Crippen LogP contribution in [-0.2, 0) is 6.54 Å². The van der Waals surface area contributed by atoms with Crippen molar-refractivity contribution in [2.24, 2.45) is 5.92 Å². The molecule has 0 bridgehead atoms. The minimum atomic E-state index is 0.0185. The smallest absolute Gasteiger partial charge is 0.261 e. The summed E-state index contributed by atoms with van der Waals surface area (Å²) < 4.78 is 6.98. The largest absolute Gasteiger partial charge is 0.497 e. The molecule has 2 aliphatic rings. The van der Waals surface area contributed by atoms with E-state index in [1.165, 1.54) is 12.8 Å². The van der Waals surface area contributed by atoms with Crippen LogP contribution in [0.15, 0.2) is 41.6 Å². The van der Waals surface area contributed by atoms with Gasteiger partial charge in [-0.1, -0.05) is 0 Å². The third-order valence-corrected chi connectivity index (χ3v) is 6.03. The number of ether oxygens (including phenoxy) is 1. The molecule has 1 saturated carbocycles. The molecule has 0 N–H and O–H groups in total. The molecule has 150 valence electrons. The number of hydrogen-bond donors (Lipinski definition) is 0. The van der Waals surface area contributed by atoms with Gasteiger partial charge < -0.3 is 9.64 Å². The minimum Gasteiger partial charge on any atom is -0.497 e. The van der Waals surface area contributed by atoms with Gasteiger partial charge in [-0.05, 0) is 49.8 Å². The lowest BCUT2D eigenvalue weighted by molar-refractivity contribution is 0.351. The summed E-state index contributed by atoms with van der Waals surface area (Å²) in [6.07, 6.45) is 8.06. The van der Waals surface area contributed by atoms with Crippen LogP contribution in [0, 0.1) is 5.92 Å². The van der Waals surface area contributed by atoms with E-state index in [1.54, 1.807) is 30.1 Å². The fourth-order valence-electron chi connectivity index (χ4n) is 4.10. The quantitative estimate of drug-likeness (QED) is 0.666. The van der Waals surface area contributed by atoms with Gasteiger partial charge in [0.05, 0.1) is 24.3 Å². The third kappa shape index (κ3) is 3.69. The van der Waals surface area contributed by atoms with Crippen molar-refractivity contribution in [2.45, 2.75) is 38.1 Å². The number of nitrogens with zero attached hydrogens (tertiary/aromatic N) is 5. The molecule has 7 nitrogen and oxygen atoms in total. The highest BCUT2D eigenvalue weighted by molar-refractivity contribution is 5.78. The maximum atomic E-state index is 12.8. The first-order chi connectivity index (χ1) is 14.2. The Balaban J connectivity index is 1.26. The van der Waals surface area contributed by atoms with Gasteiger partial charge in [-0.2, -0.15) is 0 Å². The molecule has 3 aromatic rings. The van der Waals surface area contributed by atoms with E-state index in [9.17, 15) is 4.79 Å². The highest BCUT2D eigenvalue weighted by Crippen LogP contribution is 2.38. The van der Waals surface area contributed by atoms with Crippen LogP contribution in [0.4, 0.5) is 5.82 Å². The Morgan fingerprint density at radius 2 is 1.93 bits per heavy atom. The van der Waals surface area contributed by atoms with Gasteiger partial charge in [0.15, 0.2) is 0 Å². The van der Waals surface area contributed by atoms with E-state index in [0.29, 0.717) is 35.0 Å². The monoisotopic (exact) mass is 391 g/mol. The molecule has 1 aliphatic carbocycles. The van der Waals surface area contributed by atoms with Gasteiger partial charge in [0.2, 0.25) is 0 Å². The van der Waals surface area contributed by atoms with E-state index in [0.717, 1.165) is 37.6 Å². The number of methoxy groups -OCH3 is 1. The molecule has 1 saturated heterocycles. The van der Waals surface area contributed by atoms with Crippen LogP contribution in [0.1, 0.15) is 37.4 Å². The lowest BCUT2D eigenvalue weighted by atomic mass is 9.96. The maximum Gasteiger partial charge on any atom is 0.261 e. The van der Waals surface area contributed by atoms with Gasteiger partial charge in [0.1, 0.15) is 17.4 Å². The molecule has 0 atom stereocenters. The summed E-state index contributed by atoms with van der Waals surface area (Å²) in [5.41, 5.74) is 0.695. The number of benzene rings is 1. The zero-order valence-corrected chi connectivity index (χ0v) is 16.6. The number of fused-ring (bicyclic) bond motifs is 1. The van der Waals surface area contributed by atoms with Crippen molar-refractivity contribution in [3.63, 3.8) is 0 Å². The molecule has 2 aromatic heterocycles. The zero-order valence-electron chi connectivity index (χ0n) is 16.6. The lowest BCUT2D eigenvalue weighted by Gasteiger charge is -2.33. The average Bonchev–Trinajstić information content (AvgIpc) is 3.62. The van der Waals surface area contributed by atoms with Crippen molar-refractivity contribution < 1.29 is 4.74 Å². The van der Waals surface area contributed by atoms with Gasteiger partial charge >= 0.3 is 0 Å². The number of aromatic nitrogens is 4. The molecule has 1 aliphatic heterocycles. The van der Waals surface area contributed by atoms with Crippen LogP contribution in [0.5, 0.6) is 5.75 Å². The molecular weight excluding hydrogens is 366 g/mol. The van der Waals surface area contributed by atoms with Crippen LogP contribution < -0.4 is 15.2 Å². The van der Waals surface area contributed by atoms with Crippen molar-refractivity contribution >= 4 is 16.7 Å². The Morgan fingerprint density at radius 3 is 2.69 bits per heavy atom. The second-order valence-corrected chi connectivity index (χ2v) is 8.06. The van der Waals surface area contributed by atoms with Crippen molar-refractivity contribution in [3.8, 4) is 5.75 Å². The summed E-state index contributed by atoms with van der Waals surface area (Å²) in [6.45, 7) is 2.62. The maximum absolute atomic E-state index is 12.8. The second kappa shape index (κ2) is 7.46. The Hall–Kier alpha value is -2.96. The summed E-state index contributed by atoms with van der Waals surface area (Å²) >= 11 is 0. The average molecular weight is 391 g/mol. The number of hydrogen-bond acceptors (Lipinski definition) is 6. The van der Waals surface area contributed by atoms with Gasteiger partial charge in [0.25, 0.3) is 5.56 Å². The van der Waals surface area contributed by atoms with Crippen LogP contribution in [-0.4, -0.2) is 39.7 Å². The fraction of sp³-hybridized carbons (Fsp3) is 0.455. The van der Waals surface area contributed by atoms with Gasteiger partial charge in [-0.15, -0.1) is 0 Å². The molecule has 29 heavy (non-hydrogen) atoms. The minimum absolute atomic E-state index is 0.0185. The first-order valence-corrected chi connectivity index (χ1v) is 10.3. The van der Waals surface area contributed by atoms with E-state index >= 15 is 0 Å². The van der Waals surface area contributed by atoms with Crippen LogP contribution in [0.3, 0.4) is 0 Å². The van der Waals surface area contributed by atoms with Crippen LogP contribution in [0.2, 0.25) is 0 Å². The van der Waals surface area contributed by atoms with E-state index in [-0.39, 0.29) is 5.56 Å². The summed E-state index contributed by atoms with van der Waals surface area (Å²) in [5.74, 6) is 3.78. The van der Waals surface area contributed by atoms with E-state index in [2.05, 4.69) is 14.9 Å². The SMILES string of the molecule is COc1ccc2c(=O)n(CC3CCN(c4ccnc(C5CC5)n4)CC3)cnc2c1. The van der Waals surface area contributed by atoms with E-state index < -0.39 is 0 Å². The Kier molecular flexibility index (Phi) is 4.66. The standard InChI is InChI=1S/C22H25N5O2/c1-29-17-4-5-18-19(12-17)24-14-27(22(18)28)13-15-7-10-26(11-8-15)20-6-9-23-21(25-20)16-2-3-16/h4-6,9,12,14-16H,2-3,7-8,10-11,13H2,1H3. The summed E-state index contributed by atoms with van der Waals surface area (Å²) in [7, 11) is 1.61. The van der Waals surface area contributed by atoms with Gasteiger partial charge in [0, 0.05) is 37.8 Å². The van der Waals surface area contributed by atoms with Crippen LogP contribution in [0.25, 0.3) is 10.9 Å². The molecule has 0 radical (unpaired) electrons. The fourth-order valence-corrected chi connectivity index (χ4v) is 4.10. The van der Waals surface area contributed by atoms with Crippen molar-refractivity contribution in [1.82, 2.24) is 19.5 Å². The molecule has 1 aromatic carbocycles. The lowest BCUT2D eigenvalue weighted by Crippen LogP contribution is -2.37. The molecule has 2 fully saturated rings. The normalized spacial score (nSPS) is 17.6. The summed E-state index contributed by atoms with van der Waals surface area (Å²) in [4.78, 5) is 28.9. The second-order valence-electron chi connectivity index (χ2n) is 8.06. The van der Waals surface area contributed by atoms with E-state index in [1.807, 2.05) is 18.3 Å². The first kappa shape index (κ1) is 18.1. The predicted molar refractivity (Wildman–Crippen MR) is 111 cm³/mol. The van der Waals surface area contributed by atoms with Gasteiger partial charge in [-0.3, -0.25) is 9.36 Å². The van der Waals surface area contributed by atoms with Crippen molar-refractivity contribution in [1.29, 1.82) is 0 Å². The molecule has 0 amide bonds. The highest BCUT2D eigenvalue weighted by atomic mass is 16.5. The highest BCUT2D eigenvalue weighted by Gasteiger charge is 2.28. The number of anilines is 1. The van der Waals surface area contributed by atoms with Crippen molar-refractivity contribution in [2.75, 3.05) is 25.1 Å². The third-order valence-electron chi connectivity index (χ3n) is 6.03.